The monoisotopic (exact) mass is 428 g/mol. The number of benzene rings is 2. The third-order valence-electron chi connectivity index (χ3n) is 2.85. The van der Waals surface area contributed by atoms with Crippen LogP contribution in [0.1, 0.15) is 11.1 Å². The molecule has 0 spiro atoms. The average Bonchev–Trinajstić information content (AvgIpc) is 2.45. The zero-order valence-corrected chi connectivity index (χ0v) is 16.0. The smallest absolute Gasteiger partial charge is 0.0317 e. The van der Waals surface area contributed by atoms with Crippen molar-refractivity contribution >= 4 is 67.5 Å². The molecule has 0 radical (unpaired) electrons. The molecule has 0 nitrogen and oxygen atoms in total. The van der Waals surface area contributed by atoms with E-state index < -0.39 is 0 Å². The Kier molecular flexibility index (Phi) is 6.27. The molecule has 0 atom stereocenters. The molecule has 4 heteroatoms. The Balaban J connectivity index is 2.40. The molecular weight excluding hydrogens is 416 g/mol. The van der Waals surface area contributed by atoms with E-state index in [4.69, 9.17) is 0 Å². The largest absolute Gasteiger partial charge is 0.128 e. The number of halogens is 2. The first-order chi connectivity index (χ1) is 9.67. The van der Waals surface area contributed by atoms with Crippen molar-refractivity contribution in [3.8, 4) is 0 Å². The lowest BCUT2D eigenvalue weighted by Crippen LogP contribution is -1.83. The van der Waals surface area contributed by atoms with Gasteiger partial charge in [0.25, 0.3) is 0 Å². The van der Waals surface area contributed by atoms with E-state index in [9.17, 15) is 0 Å². The van der Waals surface area contributed by atoms with Crippen LogP contribution in [0.3, 0.4) is 0 Å². The summed E-state index contributed by atoms with van der Waals surface area (Å²) in [4.78, 5) is 2.54. The predicted octanol–water partition coefficient (Wildman–Crippen LogP) is 6.83. The number of hydrogen-bond acceptors (Lipinski definition) is 2. The summed E-state index contributed by atoms with van der Waals surface area (Å²) in [5, 5.41) is 0. The summed E-state index contributed by atoms with van der Waals surface area (Å²) in [5.74, 6) is 0. The van der Waals surface area contributed by atoms with Crippen molar-refractivity contribution in [3.05, 3.63) is 56.5 Å². The lowest BCUT2D eigenvalue weighted by Gasteiger charge is -2.07. The fraction of sp³-hybridized carbons (Fsp3) is 0.125. The third kappa shape index (κ3) is 3.73. The molecule has 0 aliphatic carbocycles. The van der Waals surface area contributed by atoms with Gasteiger partial charge in [0, 0.05) is 18.7 Å². The van der Waals surface area contributed by atoms with Gasteiger partial charge < -0.3 is 0 Å². The molecule has 104 valence electrons. The van der Waals surface area contributed by atoms with E-state index in [1.54, 1.807) is 23.5 Å². The summed E-state index contributed by atoms with van der Waals surface area (Å²) in [5.41, 5.74) is 2.47. The minimum atomic E-state index is 1.14. The van der Waals surface area contributed by atoms with Crippen molar-refractivity contribution in [2.24, 2.45) is 0 Å². The van der Waals surface area contributed by atoms with E-state index >= 15 is 0 Å². The zero-order valence-electron chi connectivity index (χ0n) is 11.2. The van der Waals surface area contributed by atoms with Crippen molar-refractivity contribution in [2.75, 3.05) is 12.5 Å². The SMILES string of the molecule is CSc1c(Br)cccc1/C=C/c1cccc(Br)c1SC. The lowest BCUT2D eigenvalue weighted by atomic mass is 10.1. The maximum absolute atomic E-state index is 3.61. The van der Waals surface area contributed by atoms with Crippen molar-refractivity contribution in [1.29, 1.82) is 0 Å². The highest BCUT2D eigenvalue weighted by molar-refractivity contribution is 9.10. The maximum atomic E-state index is 3.61. The minimum Gasteiger partial charge on any atom is -0.128 e. The fourth-order valence-corrected chi connectivity index (χ4v) is 4.93. The van der Waals surface area contributed by atoms with Crippen molar-refractivity contribution in [3.63, 3.8) is 0 Å². The molecule has 0 unspecified atom stereocenters. The van der Waals surface area contributed by atoms with Gasteiger partial charge in [0.15, 0.2) is 0 Å². The Morgan fingerprint density at radius 3 is 1.50 bits per heavy atom. The molecule has 2 aromatic carbocycles. The molecule has 0 aromatic heterocycles. The van der Waals surface area contributed by atoms with Crippen LogP contribution in [0.2, 0.25) is 0 Å². The molecule has 0 aliphatic heterocycles. The quantitative estimate of drug-likeness (QED) is 0.386. The molecule has 0 amide bonds. The van der Waals surface area contributed by atoms with Crippen LogP contribution in [0.15, 0.2) is 55.1 Å². The molecule has 0 bridgehead atoms. The summed E-state index contributed by atoms with van der Waals surface area (Å²) >= 11 is 10.7. The molecular formula is C16H14Br2S2. The van der Waals surface area contributed by atoms with E-state index in [0.717, 1.165) is 8.95 Å². The Morgan fingerprint density at radius 1 is 0.750 bits per heavy atom. The Bertz CT molecular complexity index is 581. The number of hydrogen-bond donors (Lipinski definition) is 0. The molecule has 0 heterocycles. The number of thioether (sulfide) groups is 2. The molecule has 0 aliphatic rings. The van der Waals surface area contributed by atoms with Crippen LogP contribution in [0.25, 0.3) is 12.2 Å². The first-order valence-electron chi connectivity index (χ1n) is 6.00. The van der Waals surface area contributed by atoms with E-state index in [2.05, 4.69) is 92.9 Å². The minimum absolute atomic E-state index is 1.14. The Hall–Kier alpha value is -0.160. The van der Waals surface area contributed by atoms with Crippen LogP contribution in [0.4, 0.5) is 0 Å². The van der Waals surface area contributed by atoms with Crippen LogP contribution in [0, 0.1) is 0 Å². The molecule has 2 rings (SSSR count). The number of rotatable bonds is 4. The molecule has 0 fully saturated rings. The summed E-state index contributed by atoms with van der Waals surface area (Å²) < 4.78 is 2.29. The van der Waals surface area contributed by atoms with Gasteiger partial charge in [-0.15, -0.1) is 23.5 Å². The van der Waals surface area contributed by atoms with Crippen LogP contribution in [-0.4, -0.2) is 12.5 Å². The topological polar surface area (TPSA) is 0 Å². The summed E-state index contributed by atoms with van der Waals surface area (Å²) in [6, 6.07) is 12.6. The average molecular weight is 430 g/mol. The van der Waals surface area contributed by atoms with Crippen molar-refractivity contribution in [2.45, 2.75) is 9.79 Å². The zero-order chi connectivity index (χ0) is 14.5. The van der Waals surface area contributed by atoms with Crippen molar-refractivity contribution in [1.82, 2.24) is 0 Å². The normalized spacial score (nSPS) is 11.2. The van der Waals surface area contributed by atoms with Gasteiger partial charge in [-0.1, -0.05) is 36.4 Å². The standard InChI is InChI=1S/C16H14Br2S2/c1-19-15-11(5-3-7-13(15)17)9-10-12-6-4-8-14(18)16(12)20-2/h3-10H,1-2H3/b10-9+. The third-order valence-corrected chi connectivity index (χ3v) is 6.42. The van der Waals surface area contributed by atoms with Gasteiger partial charge >= 0.3 is 0 Å². The second kappa shape index (κ2) is 7.74. The second-order valence-corrected chi connectivity index (χ2v) is 7.40. The van der Waals surface area contributed by atoms with E-state index in [1.807, 2.05) is 0 Å². The van der Waals surface area contributed by atoms with Gasteiger partial charge in [-0.05, 0) is 67.6 Å². The highest BCUT2D eigenvalue weighted by atomic mass is 79.9. The summed E-state index contributed by atoms with van der Waals surface area (Å²) in [7, 11) is 0. The fourth-order valence-electron chi connectivity index (χ4n) is 1.92. The van der Waals surface area contributed by atoms with Gasteiger partial charge in [-0.2, -0.15) is 0 Å². The van der Waals surface area contributed by atoms with Gasteiger partial charge in [0.1, 0.15) is 0 Å². The van der Waals surface area contributed by atoms with Gasteiger partial charge in [0.2, 0.25) is 0 Å². The van der Waals surface area contributed by atoms with Gasteiger partial charge in [0.05, 0.1) is 0 Å². The highest BCUT2D eigenvalue weighted by Crippen LogP contribution is 2.33. The van der Waals surface area contributed by atoms with E-state index in [-0.39, 0.29) is 0 Å². The molecule has 2 aromatic rings. The predicted molar refractivity (Wildman–Crippen MR) is 101 cm³/mol. The van der Waals surface area contributed by atoms with E-state index in [0.29, 0.717) is 0 Å². The Morgan fingerprint density at radius 2 is 1.15 bits per heavy atom. The molecule has 20 heavy (non-hydrogen) atoms. The van der Waals surface area contributed by atoms with Crippen LogP contribution >= 0.6 is 55.4 Å². The molecule has 0 saturated heterocycles. The van der Waals surface area contributed by atoms with E-state index in [1.165, 1.54) is 20.9 Å². The van der Waals surface area contributed by atoms with Crippen LogP contribution in [0.5, 0.6) is 0 Å². The summed E-state index contributed by atoms with van der Waals surface area (Å²) in [6.45, 7) is 0. The molecule has 0 saturated carbocycles. The summed E-state index contributed by atoms with van der Waals surface area (Å²) in [6.07, 6.45) is 8.56. The molecule has 0 N–H and O–H groups in total. The second-order valence-electron chi connectivity index (χ2n) is 4.06. The van der Waals surface area contributed by atoms with Crippen molar-refractivity contribution < 1.29 is 0 Å². The highest BCUT2D eigenvalue weighted by Gasteiger charge is 2.05. The van der Waals surface area contributed by atoms with Gasteiger partial charge in [-0.3, -0.25) is 0 Å². The maximum Gasteiger partial charge on any atom is 0.0317 e. The first kappa shape index (κ1) is 16.2. The van der Waals surface area contributed by atoms with Crippen LogP contribution < -0.4 is 0 Å². The lowest BCUT2D eigenvalue weighted by molar-refractivity contribution is 1.37. The Labute approximate surface area is 145 Å². The van der Waals surface area contributed by atoms with Gasteiger partial charge in [-0.25, -0.2) is 0 Å². The van der Waals surface area contributed by atoms with Crippen LogP contribution in [-0.2, 0) is 0 Å². The first-order valence-corrected chi connectivity index (χ1v) is 10.0.